The third-order valence-corrected chi connectivity index (χ3v) is 5.14. The molecular weight excluding hydrogens is 452 g/mol. The highest BCUT2D eigenvalue weighted by Crippen LogP contribution is 2.31. The molecule has 34 heavy (non-hydrogen) atoms. The monoisotopic (exact) mass is 474 g/mol. The van der Waals surface area contributed by atoms with Crippen LogP contribution in [0, 0.1) is 18.3 Å². The van der Waals surface area contributed by atoms with Gasteiger partial charge in [0.2, 0.25) is 0 Å². The van der Waals surface area contributed by atoms with Crippen molar-refractivity contribution in [2.75, 3.05) is 6.61 Å². The Morgan fingerprint density at radius 2 is 1.79 bits per heavy atom. The van der Waals surface area contributed by atoms with Crippen molar-refractivity contribution in [3.8, 4) is 17.6 Å². The fraction of sp³-hybridized carbons (Fsp3) is 0.148. The van der Waals surface area contributed by atoms with E-state index in [1.54, 1.807) is 49.4 Å². The molecule has 0 aromatic heterocycles. The molecule has 0 fully saturated rings. The summed E-state index contributed by atoms with van der Waals surface area (Å²) >= 11 is 6.08. The predicted molar refractivity (Wildman–Crippen MR) is 131 cm³/mol. The van der Waals surface area contributed by atoms with Gasteiger partial charge in [-0.2, -0.15) is 5.26 Å². The summed E-state index contributed by atoms with van der Waals surface area (Å²) in [5.74, 6) is -0.612. The van der Waals surface area contributed by atoms with E-state index in [2.05, 4.69) is 5.32 Å². The first-order valence-electron chi connectivity index (χ1n) is 10.6. The van der Waals surface area contributed by atoms with Crippen molar-refractivity contribution in [3.05, 3.63) is 99.6 Å². The van der Waals surface area contributed by atoms with Crippen LogP contribution >= 0.6 is 11.6 Å². The van der Waals surface area contributed by atoms with Crippen molar-refractivity contribution in [2.45, 2.75) is 20.4 Å². The Hall–Kier alpha value is -4.08. The van der Waals surface area contributed by atoms with Crippen LogP contribution in [0.15, 0.2) is 72.3 Å². The molecule has 3 aromatic rings. The Kier molecular flexibility index (Phi) is 8.44. The van der Waals surface area contributed by atoms with Gasteiger partial charge in [-0.1, -0.05) is 59.6 Å². The number of aryl methyl sites for hydroxylation is 1. The molecule has 1 N–H and O–H groups in total. The number of carbonyl (C=O) groups is 2. The van der Waals surface area contributed by atoms with E-state index in [1.807, 2.05) is 37.3 Å². The molecule has 0 saturated heterocycles. The number of rotatable bonds is 8. The van der Waals surface area contributed by atoms with Crippen LogP contribution in [-0.4, -0.2) is 18.5 Å². The molecule has 0 unspecified atom stereocenters. The van der Waals surface area contributed by atoms with Gasteiger partial charge in [0.05, 0.1) is 17.2 Å². The van der Waals surface area contributed by atoms with Gasteiger partial charge in [0, 0.05) is 6.54 Å². The van der Waals surface area contributed by atoms with Crippen LogP contribution in [0.3, 0.4) is 0 Å². The molecule has 0 heterocycles. The highest BCUT2D eigenvalue weighted by atomic mass is 35.5. The normalized spacial score (nSPS) is 10.8. The number of benzene rings is 3. The Balaban J connectivity index is 1.77. The molecule has 0 spiro atoms. The number of nitriles is 1. The molecule has 0 bridgehead atoms. The summed E-state index contributed by atoms with van der Waals surface area (Å²) in [5, 5.41) is 12.5. The van der Waals surface area contributed by atoms with Crippen LogP contribution in [-0.2, 0) is 11.3 Å². The van der Waals surface area contributed by atoms with Crippen LogP contribution in [0.1, 0.15) is 34.0 Å². The second-order valence-corrected chi connectivity index (χ2v) is 7.75. The largest absolute Gasteiger partial charge is 0.490 e. The van der Waals surface area contributed by atoms with Crippen LogP contribution < -0.4 is 14.8 Å². The molecule has 3 aromatic carbocycles. The first-order valence-corrected chi connectivity index (χ1v) is 11.0. The number of amides is 1. The van der Waals surface area contributed by atoms with Crippen molar-refractivity contribution in [1.29, 1.82) is 5.26 Å². The molecule has 7 heteroatoms. The van der Waals surface area contributed by atoms with Gasteiger partial charge >= 0.3 is 5.97 Å². The number of nitrogens with one attached hydrogen (secondary N) is 1. The maximum Gasteiger partial charge on any atom is 0.345 e. The third-order valence-electron chi connectivity index (χ3n) is 4.81. The Bertz CT molecular complexity index is 1260. The Morgan fingerprint density at radius 3 is 2.47 bits per heavy atom. The van der Waals surface area contributed by atoms with Gasteiger partial charge < -0.3 is 14.8 Å². The first kappa shape index (κ1) is 24.6. The zero-order valence-electron chi connectivity index (χ0n) is 18.8. The van der Waals surface area contributed by atoms with Gasteiger partial charge in [0.1, 0.15) is 11.6 Å². The van der Waals surface area contributed by atoms with E-state index >= 15 is 0 Å². The lowest BCUT2D eigenvalue weighted by Gasteiger charge is -2.12. The number of carbonyl (C=O) groups excluding carboxylic acids is 2. The average molecular weight is 475 g/mol. The topological polar surface area (TPSA) is 88.4 Å². The number of nitrogens with zero attached hydrogens (tertiary/aromatic N) is 1. The van der Waals surface area contributed by atoms with E-state index in [0.29, 0.717) is 24.5 Å². The summed E-state index contributed by atoms with van der Waals surface area (Å²) in [6.45, 7) is 4.41. The molecule has 0 radical (unpaired) electrons. The molecule has 3 rings (SSSR count). The number of halogens is 1. The van der Waals surface area contributed by atoms with Crippen LogP contribution in [0.5, 0.6) is 11.5 Å². The van der Waals surface area contributed by atoms with E-state index in [0.717, 1.165) is 11.1 Å². The second kappa shape index (κ2) is 11.7. The molecule has 0 atom stereocenters. The van der Waals surface area contributed by atoms with Gasteiger partial charge in [0.25, 0.3) is 5.91 Å². The maximum atomic E-state index is 12.5. The van der Waals surface area contributed by atoms with E-state index in [4.69, 9.17) is 21.1 Å². The van der Waals surface area contributed by atoms with Crippen LogP contribution in [0.2, 0.25) is 5.02 Å². The summed E-state index contributed by atoms with van der Waals surface area (Å²) in [5.41, 5.74) is 2.77. The van der Waals surface area contributed by atoms with Crippen molar-refractivity contribution in [2.24, 2.45) is 0 Å². The van der Waals surface area contributed by atoms with E-state index in [-0.39, 0.29) is 21.9 Å². The van der Waals surface area contributed by atoms with Crippen LogP contribution in [0.25, 0.3) is 6.08 Å². The lowest BCUT2D eigenvalue weighted by molar-refractivity contribution is -0.117. The zero-order valence-corrected chi connectivity index (χ0v) is 19.6. The quantitative estimate of drug-likeness (QED) is 0.202. The minimum atomic E-state index is -0.622. The molecule has 0 aliphatic rings. The predicted octanol–water partition coefficient (Wildman–Crippen LogP) is 5.49. The Labute approximate surface area is 203 Å². The molecule has 0 saturated carbocycles. The number of ether oxygens (including phenoxy) is 2. The lowest BCUT2D eigenvalue weighted by Crippen LogP contribution is -2.23. The smallest absolute Gasteiger partial charge is 0.345 e. The summed E-state index contributed by atoms with van der Waals surface area (Å²) in [6, 6.07) is 21.0. The van der Waals surface area contributed by atoms with Gasteiger partial charge in [-0.3, -0.25) is 4.79 Å². The van der Waals surface area contributed by atoms with Crippen molar-refractivity contribution < 1.29 is 19.1 Å². The SMILES string of the molecule is CCOc1cc(/C=C(\C#N)C(=O)NCc2ccc(C)cc2)ccc1OC(=O)c1ccccc1Cl. The Morgan fingerprint density at radius 1 is 1.06 bits per heavy atom. The zero-order chi connectivity index (χ0) is 24.5. The van der Waals surface area contributed by atoms with Gasteiger partial charge in [-0.25, -0.2) is 4.79 Å². The highest BCUT2D eigenvalue weighted by Gasteiger charge is 2.16. The highest BCUT2D eigenvalue weighted by molar-refractivity contribution is 6.33. The van der Waals surface area contributed by atoms with Crippen molar-refractivity contribution in [3.63, 3.8) is 0 Å². The molecular formula is C27H23ClN2O4. The van der Waals surface area contributed by atoms with Crippen LogP contribution in [0.4, 0.5) is 0 Å². The van der Waals surface area contributed by atoms with E-state index < -0.39 is 11.9 Å². The molecule has 0 aliphatic carbocycles. The molecule has 172 valence electrons. The number of hydrogen-bond donors (Lipinski definition) is 1. The third kappa shape index (κ3) is 6.47. The van der Waals surface area contributed by atoms with E-state index in [1.165, 1.54) is 6.08 Å². The summed E-state index contributed by atoms with van der Waals surface area (Å²) in [6.07, 6.45) is 1.45. The average Bonchev–Trinajstić information content (AvgIpc) is 2.83. The fourth-order valence-corrected chi connectivity index (χ4v) is 3.26. The lowest BCUT2D eigenvalue weighted by atomic mass is 10.1. The number of esters is 1. The van der Waals surface area contributed by atoms with Gasteiger partial charge in [-0.05, 0) is 55.3 Å². The van der Waals surface area contributed by atoms with Crippen molar-refractivity contribution >= 4 is 29.6 Å². The minimum Gasteiger partial charge on any atom is -0.490 e. The number of hydrogen-bond acceptors (Lipinski definition) is 5. The van der Waals surface area contributed by atoms with E-state index in [9.17, 15) is 14.9 Å². The molecule has 6 nitrogen and oxygen atoms in total. The first-order chi connectivity index (χ1) is 16.4. The van der Waals surface area contributed by atoms with Gasteiger partial charge in [0.15, 0.2) is 11.5 Å². The summed E-state index contributed by atoms with van der Waals surface area (Å²) < 4.78 is 11.1. The van der Waals surface area contributed by atoms with Crippen molar-refractivity contribution in [1.82, 2.24) is 5.32 Å². The minimum absolute atomic E-state index is 0.0598. The molecule has 1 amide bonds. The molecule has 0 aliphatic heterocycles. The standard InChI is InChI=1S/C27H23ClN2O4/c1-3-33-25-15-20(12-13-24(25)34-27(32)22-6-4-5-7-23(22)28)14-21(16-29)26(31)30-17-19-10-8-18(2)9-11-19/h4-15H,3,17H2,1-2H3,(H,30,31)/b21-14+. The summed E-state index contributed by atoms with van der Waals surface area (Å²) in [7, 11) is 0. The fourth-order valence-electron chi connectivity index (χ4n) is 3.05. The van der Waals surface area contributed by atoms with Gasteiger partial charge in [-0.15, -0.1) is 0 Å². The summed E-state index contributed by atoms with van der Waals surface area (Å²) in [4.78, 5) is 25.0. The second-order valence-electron chi connectivity index (χ2n) is 7.35. The maximum absolute atomic E-state index is 12.5.